The summed E-state index contributed by atoms with van der Waals surface area (Å²) in [7, 11) is 0. The molecule has 1 N–H and O–H groups in total. The summed E-state index contributed by atoms with van der Waals surface area (Å²) in [4.78, 5) is 12.4. The van der Waals surface area contributed by atoms with Crippen LogP contribution in [0.5, 0.6) is 0 Å². The number of amides is 1. The molecule has 0 saturated heterocycles. The Morgan fingerprint density at radius 2 is 2.08 bits per heavy atom. The lowest BCUT2D eigenvalue weighted by molar-refractivity contribution is 0.0923. The molecule has 26 heavy (non-hydrogen) atoms. The summed E-state index contributed by atoms with van der Waals surface area (Å²) < 4.78 is 7.00. The highest BCUT2D eigenvalue weighted by molar-refractivity contribution is 5.92. The summed E-state index contributed by atoms with van der Waals surface area (Å²) in [6.07, 6.45) is 4.74. The van der Waals surface area contributed by atoms with Crippen LogP contribution in [0.3, 0.4) is 0 Å². The summed E-state index contributed by atoms with van der Waals surface area (Å²) in [5.41, 5.74) is 6.14. The first kappa shape index (κ1) is 16.6. The average Bonchev–Trinajstić information content (AvgIpc) is 3.24. The first-order valence-corrected chi connectivity index (χ1v) is 8.91. The van der Waals surface area contributed by atoms with E-state index in [2.05, 4.69) is 47.6 Å². The van der Waals surface area contributed by atoms with Gasteiger partial charge in [0.1, 0.15) is 5.76 Å². The van der Waals surface area contributed by atoms with E-state index in [0.29, 0.717) is 11.5 Å². The minimum absolute atomic E-state index is 0.0523. The van der Waals surface area contributed by atoms with Crippen LogP contribution in [0.1, 0.15) is 57.5 Å². The molecular weight excluding hydrogens is 328 g/mol. The largest absolute Gasteiger partial charge is 0.361 e. The van der Waals surface area contributed by atoms with Crippen molar-refractivity contribution in [3.63, 3.8) is 0 Å². The molecule has 0 aliphatic heterocycles. The maximum atomic E-state index is 12.4. The molecule has 134 valence electrons. The Morgan fingerprint density at radius 3 is 2.81 bits per heavy atom. The number of benzene rings is 1. The first-order valence-electron chi connectivity index (χ1n) is 8.91. The van der Waals surface area contributed by atoms with Crippen molar-refractivity contribution in [2.75, 3.05) is 0 Å². The number of nitrogens with one attached hydrogen (secondary N) is 1. The van der Waals surface area contributed by atoms with Gasteiger partial charge >= 0.3 is 0 Å². The highest BCUT2D eigenvalue weighted by atomic mass is 16.5. The van der Waals surface area contributed by atoms with Crippen LogP contribution in [-0.2, 0) is 6.42 Å². The first-order chi connectivity index (χ1) is 12.5. The molecular formula is C20H22N4O2. The smallest absolute Gasteiger partial charge is 0.273 e. The zero-order chi connectivity index (χ0) is 18.3. The lowest BCUT2D eigenvalue weighted by atomic mass is 9.92. The Balaban J connectivity index is 1.62. The topological polar surface area (TPSA) is 73.0 Å². The number of carbonyl (C=O) groups excluding carboxylic acids is 1. The van der Waals surface area contributed by atoms with Gasteiger partial charge in [0.15, 0.2) is 5.69 Å². The zero-order valence-corrected chi connectivity index (χ0v) is 15.2. The van der Waals surface area contributed by atoms with Crippen LogP contribution in [0.15, 0.2) is 35.0 Å². The molecule has 3 aromatic rings. The van der Waals surface area contributed by atoms with Crippen LogP contribution >= 0.6 is 0 Å². The van der Waals surface area contributed by atoms with Crippen LogP contribution in [0.2, 0.25) is 0 Å². The van der Waals surface area contributed by atoms with Gasteiger partial charge < -0.3 is 9.84 Å². The molecule has 0 saturated carbocycles. The second-order valence-corrected chi connectivity index (χ2v) is 6.97. The third-order valence-corrected chi connectivity index (χ3v) is 5.08. The maximum absolute atomic E-state index is 12.4. The van der Waals surface area contributed by atoms with Gasteiger partial charge in [-0.3, -0.25) is 4.79 Å². The normalized spacial score (nSPS) is 16.3. The molecule has 0 unspecified atom stereocenters. The summed E-state index contributed by atoms with van der Waals surface area (Å²) in [6, 6.07) is 7.97. The Morgan fingerprint density at radius 1 is 1.23 bits per heavy atom. The minimum Gasteiger partial charge on any atom is -0.361 e. The van der Waals surface area contributed by atoms with Gasteiger partial charge in [0.25, 0.3) is 5.91 Å². The van der Waals surface area contributed by atoms with E-state index in [0.717, 1.165) is 30.5 Å². The standard InChI is InChI=1S/C20H22N4O2/c1-12-7-8-15(9-13(12)2)24-19-6-4-5-17(16(19)11-21-24)22-20(25)18-10-14(3)26-23-18/h7-11,17H,4-6H2,1-3H3,(H,22,25)/t17-/m1/s1. The monoisotopic (exact) mass is 350 g/mol. The number of hydrogen-bond acceptors (Lipinski definition) is 4. The zero-order valence-electron chi connectivity index (χ0n) is 15.2. The van der Waals surface area contributed by atoms with E-state index in [1.165, 1.54) is 16.8 Å². The highest BCUT2D eigenvalue weighted by Gasteiger charge is 2.27. The van der Waals surface area contributed by atoms with Gasteiger partial charge in [0.2, 0.25) is 0 Å². The lowest BCUT2D eigenvalue weighted by Crippen LogP contribution is -2.31. The van der Waals surface area contributed by atoms with Gasteiger partial charge in [0, 0.05) is 17.3 Å². The van der Waals surface area contributed by atoms with Crippen LogP contribution < -0.4 is 5.32 Å². The van der Waals surface area contributed by atoms with E-state index >= 15 is 0 Å². The van der Waals surface area contributed by atoms with Crippen molar-refractivity contribution in [1.82, 2.24) is 20.3 Å². The number of aromatic nitrogens is 3. The van der Waals surface area contributed by atoms with Crippen molar-refractivity contribution in [3.05, 3.63) is 64.3 Å². The van der Waals surface area contributed by atoms with E-state index in [1.807, 2.05) is 10.9 Å². The van der Waals surface area contributed by atoms with E-state index in [1.54, 1.807) is 13.0 Å². The van der Waals surface area contributed by atoms with Crippen molar-refractivity contribution < 1.29 is 9.32 Å². The third kappa shape index (κ3) is 2.92. The quantitative estimate of drug-likeness (QED) is 0.783. The summed E-state index contributed by atoms with van der Waals surface area (Å²) >= 11 is 0. The van der Waals surface area contributed by atoms with Crippen LogP contribution in [0, 0.1) is 20.8 Å². The number of carbonyl (C=O) groups is 1. The summed E-state index contributed by atoms with van der Waals surface area (Å²) in [5.74, 6) is 0.417. The fourth-order valence-corrected chi connectivity index (χ4v) is 3.49. The minimum atomic E-state index is -0.210. The molecule has 1 aliphatic rings. The summed E-state index contributed by atoms with van der Waals surface area (Å²) in [6.45, 7) is 5.99. The van der Waals surface area contributed by atoms with Crippen molar-refractivity contribution in [1.29, 1.82) is 0 Å². The van der Waals surface area contributed by atoms with E-state index in [-0.39, 0.29) is 11.9 Å². The Bertz CT molecular complexity index is 970. The van der Waals surface area contributed by atoms with Crippen LogP contribution in [0.4, 0.5) is 0 Å². The van der Waals surface area contributed by atoms with Crippen molar-refractivity contribution in [2.24, 2.45) is 0 Å². The second-order valence-electron chi connectivity index (χ2n) is 6.97. The Kier molecular flexibility index (Phi) is 4.11. The van der Waals surface area contributed by atoms with Crippen molar-refractivity contribution >= 4 is 5.91 Å². The van der Waals surface area contributed by atoms with E-state index in [9.17, 15) is 4.79 Å². The highest BCUT2D eigenvalue weighted by Crippen LogP contribution is 2.31. The molecule has 0 radical (unpaired) electrons. The number of rotatable bonds is 3. The molecule has 1 amide bonds. The van der Waals surface area contributed by atoms with Gasteiger partial charge in [-0.05, 0) is 63.3 Å². The van der Waals surface area contributed by atoms with Crippen LogP contribution in [-0.4, -0.2) is 20.8 Å². The predicted octanol–water partition coefficient (Wildman–Crippen LogP) is 3.59. The van der Waals surface area contributed by atoms with Crippen molar-refractivity contribution in [2.45, 2.75) is 46.1 Å². The predicted molar refractivity (Wildman–Crippen MR) is 97.4 cm³/mol. The van der Waals surface area contributed by atoms with Gasteiger partial charge in [-0.15, -0.1) is 0 Å². The average molecular weight is 350 g/mol. The number of fused-ring (bicyclic) bond motifs is 1. The molecule has 2 heterocycles. The fourth-order valence-electron chi connectivity index (χ4n) is 3.49. The fraction of sp³-hybridized carbons (Fsp3) is 0.350. The second kappa shape index (κ2) is 6.44. The van der Waals surface area contributed by atoms with Gasteiger partial charge in [-0.1, -0.05) is 11.2 Å². The molecule has 1 aromatic carbocycles. The number of aryl methyl sites for hydroxylation is 3. The maximum Gasteiger partial charge on any atom is 0.273 e. The Hall–Kier alpha value is -2.89. The molecule has 2 aromatic heterocycles. The van der Waals surface area contributed by atoms with Crippen LogP contribution in [0.25, 0.3) is 5.69 Å². The van der Waals surface area contributed by atoms with Gasteiger partial charge in [-0.2, -0.15) is 5.10 Å². The summed E-state index contributed by atoms with van der Waals surface area (Å²) in [5, 5.41) is 11.5. The Labute approximate surface area is 152 Å². The molecule has 0 spiro atoms. The molecule has 6 heteroatoms. The molecule has 4 rings (SSSR count). The number of hydrogen-bond donors (Lipinski definition) is 1. The van der Waals surface area contributed by atoms with E-state index in [4.69, 9.17) is 4.52 Å². The molecule has 1 aliphatic carbocycles. The molecule has 1 atom stereocenters. The van der Waals surface area contributed by atoms with Gasteiger partial charge in [-0.25, -0.2) is 4.68 Å². The van der Waals surface area contributed by atoms with E-state index < -0.39 is 0 Å². The molecule has 6 nitrogen and oxygen atoms in total. The molecule has 0 fully saturated rings. The lowest BCUT2D eigenvalue weighted by Gasteiger charge is -2.24. The molecule has 0 bridgehead atoms. The third-order valence-electron chi connectivity index (χ3n) is 5.08. The number of nitrogens with zero attached hydrogens (tertiary/aromatic N) is 3. The SMILES string of the molecule is Cc1cc(C(=O)N[C@@H]2CCCc3c2cnn3-c2ccc(C)c(C)c2)no1. The van der Waals surface area contributed by atoms with Crippen molar-refractivity contribution in [3.8, 4) is 5.69 Å². The van der Waals surface area contributed by atoms with Gasteiger partial charge in [0.05, 0.1) is 17.9 Å².